The minimum absolute atomic E-state index is 0.0101. The molecule has 9 aromatic carbocycles. The maximum Gasteiger partial charge on any atom is 0.0412 e. The SMILES string of the molecule is CC(C)(C)c1c2ccccc2c(-c2cccc3sc4ccc(-c5c6c#cccc6c(-c6ccccc6)c6ccccc56)cc4c23)c2ccccc12. The van der Waals surface area contributed by atoms with Crippen molar-refractivity contribution < 1.29 is 0 Å². The van der Waals surface area contributed by atoms with Crippen LogP contribution in [0.4, 0.5) is 0 Å². The number of hydrogen-bond donors (Lipinski definition) is 0. The highest BCUT2D eigenvalue weighted by Gasteiger charge is 2.25. The Labute approximate surface area is 302 Å². The van der Waals surface area contributed by atoms with Crippen LogP contribution in [-0.4, -0.2) is 0 Å². The first-order valence-corrected chi connectivity index (χ1v) is 18.5. The van der Waals surface area contributed by atoms with Crippen LogP contribution in [0.25, 0.3) is 96.6 Å². The maximum absolute atomic E-state index is 3.57. The second-order valence-electron chi connectivity index (χ2n) is 14.6. The third kappa shape index (κ3) is 4.54. The number of rotatable bonds is 3. The van der Waals surface area contributed by atoms with E-state index in [2.05, 4.69) is 178 Å². The van der Waals surface area contributed by atoms with Crippen molar-refractivity contribution in [2.24, 2.45) is 0 Å². The molecule has 240 valence electrons. The van der Waals surface area contributed by atoms with E-state index in [0.717, 1.165) is 5.39 Å². The summed E-state index contributed by atoms with van der Waals surface area (Å²) in [6.07, 6.45) is 0. The number of hydrogen-bond acceptors (Lipinski definition) is 1. The van der Waals surface area contributed by atoms with Crippen molar-refractivity contribution in [3.8, 4) is 33.4 Å². The molecule has 1 heteroatoms. The van der Waals surface area contributed by atoms with E-state index in [-0.39, 0.29) is 5.41 Å². The van der Waals surface area contributed by atoms with Gasteiger partial charge in [0.05, 0.1) is 0 Å². The van der Waals surface area contributed by atoms with Crippen LogP contribution in [0.2, 0.25) is 0 Å². The van der Waals surface area contributed by atoms with E-state index < -0.39 is 0 Å². The van der Waals surface area contributed by atoms with E-state index in [0.29, 0.717) is 0 Å². The number of benzene rings is 8. The van der Waals surface area contributed by atoms with Crippen LogP contribution in [0.1, 0.15) is 26.3 Å². The van der Waals surface area contributed by atoms with Gasteiger partial charge in [0, 0.05) is 31.1 Å². The standard InChI is InChI=1S/C50H34S/c1-50(2,3)49-39-24-13-11-22-37(39)47(38-23-12-14-25-40(38)49)41-26-15-27-44-48(41)42-30-32(28-29-43(42)51-44)46-35-20-9-7-18-33(35)45(31-16-5-4-6-17-31)34-19-8-10-21-36(34)46/h4-9,11-20,22-30H,1-3H3. The minimum Gasteiger partial charge on any atom is -0.135 e. The van der Waals surface area contributed by atoms with Crippen molar-refractivity contribution in [3.63, 3.8) is 0 Å². The first kappa shape index (κ1) is 29.9. The summed E-state index contributed by atoms with van der Waals surface area (Å²) in [5.41, 5.74) is 8.88. The van der Waals surface area contributed by atoms with Gasteiger partial charge in [-0.2, -0.15) is 0 Å². The third-order valence-electron chi connectivity index (χ3n) is 10.6. The maximum atomic E-state index is 3.57. The summed E-state index contributed by atoms with van der Waals surface area (Å²) in [6.45, 7) is 7.01. The summed E-state index contributed by atoms with van der Waals surface area (Å²) in [5, 5.41) is 12.7. The molecule has 0 saturated heterocycles. The lowest BCUT2D eigenvalue weighted by Gasteiger charge is -2.26. The second kappa shape index (κ2) is 11.3. The fourth-order valence-corrected chi connectivity index (χ4v) is 9.74. The average molecular weight is 667 g/mol. The molecule has 0 aliphatic rings. The molecule has 0 nitrogen and oxygen atoms in total. The molecule has 0 bridgehead atoms. The number of fused-ring (bicyclic) bond motifs is 7. The van der Waals surface area contributed by atoms with E-state index in [1.54, 1.807) is 0 Å². The Bertz CT molecular complexity index is 2880. The van der Waals surface area contributed by atoms with Crippen molar-refractivity contribution in [2.75, 3.05) is 0 Å². The van der Waals surface area contributed by atoms with Gasteiger partial charge >= 0.3 is 0 Å². The molecule has 0 atom stereocenters. The third-order valence-corrected chi connectivity index (χ3v) is 11.7. The summed E-state index contributed by atoms with van der Waals surface area (Å²) in [7, 11) is 0. The van der Waals surface area contributed by atoms with Crippen LogP contribution in [0.5, 0.6) is 0 Å². The van der Waals surface area contributed by atoms with Gasteiger partial charge in [0.25, 0.3) is 0 Å². The molecule has 1 aromatic heterocycles. The highest BCUT2D eigenvalue weighted by molar-refractivity contribution is 7.26. The smallest absolute Gasteiger partial charge is 0.0412 e. The Morgan fingerprint density at radius 1 is 0.451 bits per heavy atom. The Morgan fingerprint density at radius 2 is 1.06 bits per heavy atom. The van der Waals surface area contributed by atoms with Gasteiger partial charge in [-0.15, -0.1) is 11.3 Å². The lowest BCUT2D eigenvalue weighted by Crippen LogP contribution is -2.13. The van der Waals surface area contributed by atoms with Gasteiger partial charge in [-0.3, -0.25) is 0 Å². The molecule has 1 heterocycles. The Morgan fingerprint density at radius 3 is 1.73 bits per heavy atom. The predicted molar refractivity (Wildman–Crippen MR) is 222 cm³/mol. The van der Waals surface area contributed by atoms with Crippen molar-refractivity contribution >= 4 is 74.6 Å². The molecule has 0 fully saturated rings. The predicted octanol–water partition coefficient (Wildman–Crippen LogP) is 14.6. The molecule has 0 aliphatic carbocycles. The topological polar surface area (TPSA) is 0 Å². The fraction of sp³-hybridized carbons (Fsp3) is 0.0800. The molecule has 10 rings (SSSR count). The normalized spacial score (nSPS) is 12.1. The van der Waals surface area contributed by atoms with Crippen LogP contribution in [0, 0.1) is 12.1 Å². The molecular weight excluding hydrogens is 633 g/mol. The molecule has 0 unspecified atom stereocenters. The zero-order valence-electron chi connectivity index (χ0n) is 28.8. The average Bonchev–Trinajstić information content (AvgIpc) is 3.54. The first-order chi connectivity index (χ1) is 25.0. The van der Waals surface area contributed by atoms with Crippen LogP contribution in [0.15, 0.2) is 152 Å². The molecule has 0 radical (unpaired) electrons. The highest BCUT2D eigenvalue weighted by Crippen LogP contribution is 2.49. The van der Waals surface area contributed by atoms with E-state index in [1.165, 1.54) is 96.8 Å². The first-order valence-electron chi connectivity index (χ1n) is 17.7. The molecule has 0 aliphatic heterocycles. The largest absolute Gasteiger partial charge is 0.135 e. The van der Waals surface area contributed by atoms with Gasteiger partial charge in [-0.05, 0) is 107 Å². The Kier molecular flexibility index (Phi) is 6.63. The molecular formula is C50H34S. The van der Waals surface area contributed by atoms with Gasteiger partial charge in [0.2, 0.25) is 0 Å². The second-order valence-corrected chi connectivity index (χ2v) is 15.7. The fourth-order valence-electron chi connectivity index (χ4n) is 8.63. The lowest BCUT2D eigenvalue weighted by molar-refractivity contribution is 0.601. The van der Waals surface area contributed by atoms with Crippen LogP contribution < -0.4 is 0 Å². The van der Waals surface area contributed by atoms with Gasteiger partial charge in [-0.25, -0.2) is 0 Å². The van der Waals surface area contributed by atoms with Gasteiger partial charge < -0.3 is 0 Å². The molecule has 10 aromatic rings. The summed E-state index contributed by atoms with van der Waals surface area (Å²) in [5.74, 6) is 0. The van der Waals surface area contributed by atoms with Crippen molar-refractivity contribution in [2.45, 2.75) is 26.2 Å². The monoisotopic (exact) mass is 666 g/mol. The number of thiophene rings is 1. The van der Waals surface area contributed by atoms with Crippen molar-refractivity contribution in [1.82, 2.24) is 0 Å². The van der Waals surface area contributed by atoms with Gasteiger partial charge in [0.1, 0.15) is 0 Å². The van der Waals surface area contributed by atoms with Crippen LogP contribution in [-0.2, 0) is 5.41 Å². The van der Waals surface area contributed by atoms with E-state index in [4.69, 9.17) is 0 Å². The Balaban J connectivity index is 1.31. The molecule has 0 amide bonds. The van der Waals surface area contributed by atoms with Crippen LogP contribution >= 0.6 is 11.3 Å². The summed E-state index contributed by atoms with van der Waals surface area (Å²) in [4.78, 5) is 0. The molecule has 0 N–H and O–H groups in total. The van der Waals surface area contributed by atoms with E-state index in [9.17, 15) is 0 Å². The van der Waals surface area contributed by atoms with E-state index in [1.807, 2.05) is 17.4 Å². The summed E-state index contributed by atoms with van der Waals surface area (Å²) in [6, 6.07) is 62.7. The summed E-state index contributed by atoms with van der Waals surface area (Å²) < 4.78 is 2.60. The quantitative estimate of drug-likeness (QED) is 0.165. The minimum atomic E-state index is -0.0101. The van der Waals surface area contributed by atoms with Gasteiger partial charge in [0.15, 0.2) is 0 Å². The van der Waals surface area contributed by atoms with Gasteiger partial charge in [-0.1, -0.05) is 154 Å². The van der Waals surface area contributed by atoms with Crippen LogP contribution in [0.3, 0.4) is 0 Å². The Hall–Kier alpha value is -5.94. The lowest BCUT2D eigenvalue weighted by atomic mass is 9.77. The zero-order chi connectivity index (χ0) is 34.3. The van der Waals surface area contributed by atoms with Crippen molar-refractivity contribution in [1.29, 1.82) is 0 Å². The molecule has 51 heavy (non-hydrogen) atoms. The molecule has 0 saturated carbocycles. The van der Waals surface area contributed by atoms with Crippen molar-refractivity contribution in [3.05, 3.63) is 169 Å². The zero-order valence-corrected chi connectivity index (χ0v) is 29.7. The highest BCUT2D eigenvalue weighted by atomic mass is 32.1. The molecule has 0 spiro atoms. The van der Waals surface area contributed by atoms with E-state index >= 15 is 0 Å². The summed E-state index contributed by atoms with van der Waals surface area (Å²) >= 11 is 1.89.